The summed E-state index contributed by atoms with van der Waals surface area (Å²) in [5, 5.41) is 3.18. The number of hydrogen-bond donors (Lipinski definition) is 2. The number of nitrogens with one attached hydrogen (secondary N) is 1. The third kappa shape index (κ3) is 3.23. The molecular formula is C14H26N2O2. The fourth-order valence-electron chi connectivity index (χ4n) is 3.03. The fourth-order valence-corrected chi connectivity index (χ4v) is 3.03. The lowest BCUT2D eigenvalue weighted by Crippen LogP contribution is -2.54. The molecule has 0 spiro atoms. The molecule has 1 heterocycles. The molecule has 2 rings (SSSR count). The first-order valence-electron chi connectivity index (χ1n) is 7.15. The summed E-state index contributed by atoms with van der Waals surface area (Å²) in [5.74, 6) is 0.808. The Labute approximate surface area is 110 Å². The first-order chi connectivity index (χ1) is 8.50. The van der Waals surface area contributed by atoms with Gasteiger partial charge in [0, 0.05) is 18.6 Å². The Balaban J connectivity index is 1.87. The molecule has 2 fully saturated rings. The SMILES string of the molecule is CC1CCC(C(=O)NC2(C)CCCOC2)CC1N. The molecule has 104 valence electrons. The fraction of sp³-hybridized carbons (Fsp3) is 0.929. The molecule has 1 aliphatic heterocycles. The van der Waals surface area contributed by atoms with Crippen molar-refractivity contribution in [3.8, 4) is 0 Å². The average Bonchev–Trinajstić information content (AvgIpc) is 2.33. The van der Waals surface area contributed by atoms with E-state index in [-0.39, 0.29) is 23.4 Å². The van der Waals surface area contributed by atoms with Crippen molar-refractivity contribution in [2.75, 3.05) is 13.2 Å². The Morgan fingerprint density at radius 3 is 2.83 bits per heavy atom. The Kier molecular flexibility index (Phi) is 4.28. The second-order valence-corrected chi connectivity index (χ2v) is 6.36. The summed E-state index contributed by atoms with van der Waals surface area (Å²) in [4.78, 5) is 12.3. The van der Waals surface area contributed by atoms with E-state index in [1.807, 2.05) is 0 Å². The van der Waals surface area contributed by atoms with Gasteiger partial charge in [0.15, 0.2) is 0 Å². The Morgan fingerprint density at radius 1 is 1.44 bits per heavy atom. The highest BCUT2D eigenvalue weighted by molar-refractivity contribution is 5.79. The molecular weight excluding hydrogens is 228 g/mol. The third-order valence-electron chi connectivity index (χ3n) is 4.49. The quantitative estimate of drug-likeness (QED) is 0.783. The van der Waals surface area contributed by atoms with E-state index in [0.29, 0.717) is 12.5 Å². The van der Waals surface area contributed by atoms with Crippen LogP contribution in [0.1, 0.15) is 46.0 Å². The summed E-state index contributed by atoms with van der Waals surface area (Å²) in [6.07, 6.45) is 4.89. The van der Waals surface area contributed by atoms with Gasteiger partial charge in [-0.25, -0.2) is 0 Å². The van der Waals surface area contributed by atoms with Crippen LogP contribution in [-0.2, 0) is 9.53 Å². The van der Waals surface area contributed by atoms with Gasteiger partial charge in [-0.2, -0.15) is 0 Å². The van der Waals surface area contributed by atoms with E-state index < -0.39 is 0 Å². The van der Waals surface area contributed by atoms with Crippen molar-refractivity contribution in [3.63, 3.8) is 0 Å². The summed E-state index contributed by atoms with van der Waals surface area (Å²) in [7, 11) is 0. The molecule has 1 saturated carbocycles. The molecule has 4 unspecified atom stereocenters. The van der Waals surface area contributed by atoms with Crippen LogP contribution in [-0.4, -0.2) is 30.7 Å². The van der Waals surface area contributed by atoms with Crippen LogP contribution in [0.3, 0.4) is 0 Å². The first-order valence-corrected chi connectivity index (χ1v) is 7.15. The van der Waals surface area contributed by atoms with Gasteiger partial charge in [-0.15, -0.1) is 0 Å². The molecule has 4 atom stereocenters. The predicted molar refractivity (Wildman–Crippen MR) is 71.1 cm³/mol. The number of rotatable bonds is 2. The van der Waals surface area contributed by atoms with E-state index >= 15 is 0 Å². The minimum absolute atomic E-state index is 0.0925. The van der Waals surface area contributed by atoms with Crippen LogP contribution in [0.5, 0.6) is 0 Å². The smallest absolute Gasteiger partial charge is 0.223 e. The summed E-state index contributed by atoms with van der Waals surface area (Å²) in [6.45, 7) is 5.70. The molecule has 4 heteroatoms. The van der Waals surface area contributed by atoms with E-state index in [1.54, 1.807) is 0 Å². The van der Waals surface area contributed by atoms with Crippen molar-refractivity contribution in [1.29, 1.82) is 0 Å². The maximum Gasteiger partial charge on any atom is 0.223 e. The van der Waals surface area contributed by atoms with Gasteiger partial charge in [0.25, 0.3) is 0 Å². The highest BCUT2D eigenvalue weighted by atomic mass is 16.5. The zero-order chi connectivity index (χ0) is 13.2. The summed E-state index contributed by atoms with van der Waals surface area (Å²) < 4.78 is 5.47. The van der Waals surface area contributed by atoms with Crippen molar-refractivity contribution in [2.45, 2.75) is 57.5 Å². The van der Waals surface area contributed by atoms with E-state index in [1.165, 1.54) is 0 Å². The number of amides is 1. The second-order valence-electron chi connectivity index (χ2n) is 6.36. The van der Waals surface area contributed by atoms with Gasteiger partial charge in [0.05, 0.1) is 12.1 Å². The third-order valence-corrected chi connectivity index (χ3v) is 4.49. The minimum atomic E-state index is -0.178. The monoisotopic (exact) mass is 254 g/mol. The van der Waals surface area contributed by atoms with Gasteiger partial charge in [0.1, 0.15) is 0 Å². The molecule has 18 heavy (non-hydrogen) atoms. The van der Waals surface area contributed by atoms with E-state index in [0.717, 1.165) is 38.7 Å². The van der Waals surface area contributed by atoms with Gasteiger partial charge in [-0.3, -0.25) is 4.79 Å². The number of nitrogens with two attached hydrogens (primary N) is 1. The van der Waals surface area contributed by atoms with E-state index in [4.69, 9.17) is 10.5 Å². The molecule has 0 aromatic carbocycles. The highest BCUT2D eigenvalue weighted by Crippen LogP contribution is 2.29. The Morgan fingerprint density at radius 2 is 2.22 bits per heavy atom. The van der Waals surface area contributed by atoms with Crippen LogP contribution in [0.15, 0.2) is 0 Å². The number of carbonyl (C=O) groups excluding carboxylic acids is 1. The summed E-state index contributed by atoms with van der Waals surface area (Å²) >= 11 is 0. The standard InChI is InChI=1S/C14H26N2O2/c1-10-4-5-11(8-12(10)15)13(17)16-14(2)6-3-7-18-9-14/h10-12H,3-9,15H2,1-2H3,(H,16,17). The molecule has 4 nitrogen and oxygen atoms in total. The van der Waals surface area contributed by atoms with Gasteiger partial charge < -0.3 is 15.8 Å². The van der Waals surface area contributed by atoms with Crippen LogP contribution >= 0.6 is 0 Å². The normalized spacial score (nSPS) is 41.4. The van der Waals surface area contributed by atoms with E-state index in [9.17, 15) is 4.79 Å². The van der Waals surface area contributed by atoms with Crippen LogP contribution in [0.4, 0.5) is 0 Å². The number of carbonyl (C=O) groups is 1. The van der Waals surface area contributed by atoms with Crippen molar-refractivity contribution in [3.05, 3.63) is 0 Å². The molecule has 1 amide bonds. The lowest BCUT2D eigenvalue weighted by atomic mass is 9.79. The topological polar surface area (TPSA) is 64.3 Å². The molecule has 0 aromatic rings. The predicted octanol–water partition coefficient (Wildman–Crippen LogP) is 1.44. The van der Waals surface area contributed by atoms with Crippen molar-refractivity contribution >= 4 is 5.91 Å². The zero-order valence-corrected chi connectivity index (χ0v) is 11.6. The Bertz CT molecular complexity index is 300. The van der Waals surface area contributed by atoms with Gasteiger partial charge in [0.2, 0.25) is 5.91 Å². The molecule has 2 aliphatic rings. The largest absolute Gasteiger partial charge is 0.379 e. The first kappa shape index (κ1) is 13.8. The molecule has 3 N–H and O–H groups in total. The lowest BCUT2D eigenvalue weighted by molar-refractivity contribution is -0.130. The van der Waals surface area contributed by atoms with Crippen molar-refractivity contribution in [1.82, 2.24) is 5.32 Å². The van der Waals surface area contributed by atoms with Gasteiger partial charge in [-0.1, -0.05) is 6.92 Å². The van der Waals surface area contributed by atoms with Crippen LogP contribution < -0.4 is 11.1 Å². The molecule has 1 saturated heterocycles. The number of ether oxygens (including phenoxy) is 1. The number of hydrogen-bond acceptors (Lipinski definition) is 3. The second kappa shape index (κ2) is 5.57. The van der Waals surface area contributed by atoms with Gasteiger partial charge in [-0.05, 0) is 44.9 Å². The molecule has 1 aliphatic carbocycles. The van der Waals surface area contributed by atoms with Crippen molar-refractivity contribution < 1.29 is 9.53 Å². The lowest BCUT2D eigenvalue weighted by Gasteiger charge is -2.37. The highest BCUT2D eigenvalue weighted by Gasteiger charge is 2.34. The summed E-state index contributed by atoms with van der Waals surface area (Å²) in [5.41, 5.74) is 5.89. The minimum Gasteiger partial charge on any atom is -0.379 e. The Hall–Kier alpha value is -0.610. The molecule has 0 aromatic heterocycles. The van der Waals surface area contributed by atoms with Crippen LogP contribution in [0.2, 0.25) is 0 Å². The van der Waals surface area contributed by atoms with E-state index in [2.05, 4.69) is 19.2 Å². The average molecular weight is 254 g/mol. The maximum atomic E-state index is 12.3. The summed E-state index contributed by atoms with van der Waals surface area (Å²) in [6, 6.07) is 0.171. The van der Waals surface area contributed by atoms with Crippen LogP contribution in [0.25, 0.3) is 0 Å². The molecule has 0 radical (unpaired) electrons. The zero-order valence-electron chi connectivity index (χ0n) is 11.6. The van der Waals surface area contributed by atoms with Crippen LogP contribution in [0, 0.1) is 11.8 Å². The maximum absolute atomic E-state index is 12.3. The van der Waals surface area contributed by atoms with Crippen molar-refractivity contribution in [2.24, 2.45) is 17.6 Å². The van der Waals surface area contributed by atoms with Gasteiger partial charge >= 0.3 is 0 Å². The molecule has 0 bridgehead atoms.